The highest BCUT2D eigenvalue weighted by molar-refractivity contribution is 7.99. The van der Waals surface area contributed by atoms with Gasteiger partial charge in [0, 0.05) is 23.5 Å². The zero-order chi connectivity index (χ0) is 15.9. The first-order chi connectivity index (χ1) is 10.6. The highest BCUT2D eigenvalue weighted by Gasteiger charge is 2.20. The van der Waals surface area contributed by atoms with E-state index in [4.69, 9.17) is 5.11 Å². The Hall–Kier alpha value is -1.46. The molecule has 1 aromatic rings. The van der Waals surface area contributed by atoms with Crippen LogP contribution in [0.3, 0.4) is 0 Å². The molecule has 0 fully saturated rings. The minimum absolute atomic E-state index is 0.00711. The van der Waals surface area contributed by atoms with Crippen molar-refractivity contribution in [2.45, 2.75) is 37.2 Å². The number of aliphatic hydroxyl groups is 1. The minimum Gasteiger partial charge on any atom is -0.396 e. The van der Waals surface area contributed by atoms with Gasteiger partial charge in [-0.2, -0.15) is 0 Å². The van der Waals surface area contributed by atoms with E-state index in [9.17, 15) is 4.79 Å². The number of aliphatic hydroxyl groups excluding tert-OH is 1. The summed E-state index contributed by atoms with van der Waals surface area (Å²) in [4.78, 5) is 13.3. The van der Waals surface area contributed by atoms with Crippen molar-refractivity contribution >= 4 is 17.8 Å². The van der Waals surface area contributed by atoms with Crippen LogP contribution in [-0.2, 0) is 0 Å². The maximum absolute atomic E-state index is 12.0. The van der Waals surface area contributed by atoms with Gasteiger partial charge in [0.15, 0.2) is 0 Å². The molecular formula is C17H24N2O2S. The summed E-state index contributed by atoms with van der Waals surface area (Å²) in [5.74, 6) is 1.21. The lowest BCUT2D eigenvalue weighted by molar-refractivity contribution is 0.229. The molecule has 0 saturated carbocycles. The Balaban J connectivity index is 1.82. The van der Waals surface area contributed by atoms with Crippen molar-refractivity contribution in [2.75, 3.05) is 12.4 Å². The summed E-state index contributed by atoms with van der Waals surface area (Å²) in [7, 11) is 0. The summed E-state index contributed by atoms with van der Waals surface area (Å²) in [5.41, 5.74) is 1.09. The molecule has 0 aliphatic heterocycles. The zero-order valence-corrected chi connectivity index (χ0v) is 13.9. The Morgan fingerprint density at radius 3 is 2.68 bits per heavy atom. The Bertz CT molecular complexity index is 516. The number of hydrogen-bond donors (Lipinski definition) is 3. The number of urea groups is 1. The van der Waals surface area contributed by atoms with Crippen molar-refractivity contribution in [2.24, 2.45) is 5.92 Å². The topological polar surface area (TPSA) is 61.4 Å². The minimum atomic E-state index is -0.173. The van der Waals surface area contributed by atoms with Gasteiger partial charge in [-0.3, -0.25) is 0 Å². The molecule has 120 valence electrons. The fourth-order valence-corrected chi connectivity index (χ4v) is 3.19. The number of carbonyl (C=O) groups is 1. The average Bonchev–Trinajstić information content (AvgIpc) is 2.95. The molecule has 2 amide bonds. The molecule has 0 spiro atoms. The number of carbonyl (C=O) groups excluding carboxylic acids is 1. The van der Waals surface area contributed by atoms with Crippen molar-refractivity contribution in [1.29, 1.82) is 0 Å². The van der Waals surface area contributed by atoms with E-state index in [-0.39, 0.29) is 30.6 Å². The van der Waals surface area contributed by atoms with Gasteiger partial charge in [-0.05, 0) is 36.8 Å². The van der Waals surface area contributed by atoms with Crippen LogP contribution in [0.4, 0.5) is 4.79 Å². The standard InChI is InChI=1S/C17H24N2O2S/c1-3-22-16-8-5-14(6-9-16)12(2)18-17(21)19-15-7-4-13(10-15)11-20/h4-9,12-13,15,20H,3,10-11H2,1-2H3,(H2,18,19,21)/t12?,13-,15+/m0/s1. The third-order valence-corrected chi connectivity index (χ3v) is 4.66. The van der Waals surface area contributed by atoms with Gasteiger partial charge in [0.2, 0.25) is 0 Å². The number of amides is 2. The summed E-state index contributed by atoms with van der Waals surface area (Å²) in [6.45, 7) is 4.24. The van der Waals surface area contributed by atoms with Gasteiger partial charge in [-0.15, -0.1) is 11.8 Å². The van der Waals surface area contributed by atoms with Gasteiger partial charge in [-0.1, -0.05) is 31.2 Å². The van der Waals surface area contributed by atoms with Gasteiger partial charge in [0.1, 0.15) is 0 Å². The molecule has 5 heteroatoms. The number of nitrogens with one attached hydrogen (secondary N) is 2. The summed E-state index contributed by atoms with van der Waals surface area (Å²) in [6.07, 6.45) is 4.67. The van der Waals surface area contributed by atoms with E-state index < -0.39 is 0 Å². The molecule has 0 aromatic heterocycles. The molecule has 3 N–H and O–H groups in total. The fourth-order valence-electron chi connectivity index (χ4n) is 2.53. The van der Waals surface area contributed by atoms with Crippen molar-refractivity contribution in [3.63, 3.8) is 0 Å². The lowest BCUT2D eigenvalue weighted by atomic mass is 10.1. The van der Waals surface area contributed by atoms with Crippen LogP contribution in [0.5, 0.6) is 0 Å². The Morgan fingerprint density at radius 2 is 2.09 bits per heavy atom. The van der Waals surface area contributed by atoms with Crippen LogP contribution in [0.2, 0.25) is 0 Å². The lowest BCUT2D eigenvalue weighted by Gasteiger charge is -2.18. The zero-order valence-electron chi connectivity index (χ0n) is 13.1. The summed E-state index contributed by atoms with van der Waals surface area (Å²) < 4.78 is 0. The molecule has 4 nitrogen and oxygen atoms in total. The average molecular weight is 320 g/mol. The number of rotatable bonds is 6. The van der Waals surface area contributed by atoms with Crippen LogP contribution in [0.15, 0.2) is 41.3 Å². The second-order valence-electron chi connectivity index (χ2n) is 5.51. The largest absolute Gasteiger partial charge is 0.396 e. The van der Waals surface area contributed by atoms with Gasteiger partial charge in [0.25, 0.3) is 0 Å². The van der Waals surface area contributed by atoms with Crippen molar-refractivity contribution in [1.82, 2.24) is 10.6 Å². The highest BCUT2D eigenvalue weighted by atomic mass is 32.2. The predicted molar refractivity (Wildman–Crippen MR) is 91.0 cm³/mol. The van der Waals surface area contributed by atoms with Crippen LogP contribution in [-0.4, -0.2) is 29.5 Å². The highest BCUT2D eigenvalue weighted by Crippen LogP contribution is 2.21. The first-order valence-electron chi connectivity index (χ1n) is 7.71. The predicted octanol–water partition coefficient (Wildman–Crippen LogP) is 3.10. The van der Waals surface area contributed by atoms with Gasteiger partial charge in [0.05, 0.1) is 6.04 Å². The van der Waals surface area contributed by atoms with E-state index in [1.807, 2.05) is 19.1 Å². The molecule has 2 rings (SSSR count). The maximum atomic E-state index is 12.0. The van der Waals surface area contributed by atoms with Crippen LogP contribution >= 0.6 is 11.8 Å². The normalized spacial score (nSPS) is 21.6. The van der Waals surface area contributed by atoms with Crippen molar-refractivity contribution in [3.05, 3.63) is 42.0 Å². The first-order valence-corrected chi connectivity index (χ1v) is 8.70. The molecular weight excluding hydrogens is 296 g/mol. The third kappa shape index (κ3) is 4.78. The van der Waals surface area contributed by atoms with Crippen LogP contribution < -0.4 is 10.6 Å². The summed E-state index contributed by atoms with van der Waals surface area (Å²) in [5, 5.41) is 15.0. The van der Waals surface area contributed by atoms with E-state index in [0.717, 1.165) is 17.7 Å². The third-order valence-electron chi connectivity index (χ3n) is 3.76. The number of hydrogen-bond acceptors (Lipinski definition) is 3. The molecule has 3 atom stereocenters. The van der Waals surface area contributed by atoms with Crippen LogP contribution in [0, 0.1) is 5.92 Å². The molecule has 0 saturated heterocycles. The van der Waals surface area contributed by atoms with E-state index in [1.54, 1.807) is 11.8 Å². The van der Waals surface area contributed by atoms with Gasteiger partial charge >= 0.3 is 6.03 Å². The summed E-state index contributed by atoms with van der Waals surface area (Å²) in [6, 6.07) is 8.08. The monoisotopic (exact) mass is 320 g/mol. The first kappa shape index (κ1) is 16.9. The van der Waals surface area contributed by atoms with E-state index in [0.29, 0.717) is 0 Å². The molecule has 1 aromatic carbocycles. The van der Waals surface area contributed by atoms with Crippen LogP contribution in [0.25, 0.3) is 0 Å². The Morgan fingerprint density at radius 1 is 1.36 bits per heavy atom. The molecule has 0 bridgehead atoms. The van der Waals surface area contributed by atoms with Gasteiger partial charge in [-0.25, -0.2) is 4.79 Å². The smallest absolute Gasteiger partial charge is 0.315 e. The van der Waals surface area contributed by atoms with Crippen LogP contribution in [0.1, 0.15) is 31.9 Å². The molecule has 0 heterocycles. The summed E-state index contributed by atoms with van der Waals surface area (Å²) >= 11 is 1.81. The fraction of sp³-hybridized carbons (Fsp3) is 0.471. The second kappa shape index (κ2) is 8.25. The number of benzene rings is 1. The van der Waals surface area contributed by atoms with E-state index in [1.165, 1.54) is 4.90 Å². The lowest BCUT2D eigenvalue weighted by Crippen LogP contribution is -2.41. The molecule has 1 aliphatic carbocycles. The van der Waals surface area contributed by atoms with Gasteiger partial charge < -0.3 is 15.7 Å². The van der Waals surface area contributed by atoms with Crippen molar-refractivity contribution in [3.8, 4) is 0 Å². The Kier molecular flexibility index (Phi) is 6.34. The maximum Gasteiger partial charge on any atom is 0.315 e. The van der Waals surface area contributed by atoms with Crippen molar-refractivity contribution < 1.29 is 9.90 Å². The molecule has 22 heavy (non-hydrogen) atoms. The SMILES string of the molecule is CCSc1ccc(C(C)NC(=O)N[C@@H]2C=C[C@H](CO)C2)cc1. The Labute approximate surface area is 136 Å². The van der Waals surface area contributed by atoms with E-state index in [2.05, 4.69) is 41.8 Å². The molecule has 0 radical (unpaired) electrons. The quantitative estimate of drug-likeness (QED) is 0.557. The second-order valence-corrected chi connectivity index (χ2v) is 6.85. The molecule has 1 aliphatic rings. The van der Waals surface area contributed by atoms with E-state index >= 15 is 0 Å². The molecule has 1 unspecified atom stereocenters. The number of thioether (sulfide) groups is 1.